The summed E-state index contributed by atoms with van der Waals surface area (Å²) in [5, 5.41) is 7.49. The molecular weight excluding hydrogens is 468 g/mol. The van der Waals surface area contributed by atoms with Crippen LogP contribution in [0, 0.1) is 0 Å². The molecule has 8 heteroatoms. The summed E-state index contributed by atoms with van der Waals surface area (Å²) < 4.78 is 5.78. The van der Waals surface area contributed by atoms with E-state index >= 15 is 0 Å². The molecule has 1 atom stereocenters. The average Bonchev–Trinajstić information content (AvgIpc) is 3.44. The molecule has 1 unspecified atom stereocenters. The van der Waals surface area contributed by atoms with Gasteiger partial charge in [0, 0.05) is 11.3 Å². The average molecular weight is 491 g/mol. The van der Waals surface area contributed by atoms with E-state index in [1.807, 2.05) is 66.7 Å². The summed E-state index contributed by atoms with van der Waals surface area (Å²) in [5.41, 5.74) is 2.13. The summed E-state index contributed by atoms with van der Waals surface area (Å²) in [4.78, 5) is 44.1. The molecular formula is C29H22N4O4. The van der Waals surface area contributed by atoms with Crippen LogP contribution in [0.15, 0.2) is 95.4 Å². The molecule has 0 spiro atoms. The molecule has 1 saturated heterocycles. The number of urea groups is 1. The minimum absolute atomic E-state index is 0.402. The number of aromatic nitrogens is 1. The fraction of sp³-hybridized carbons (Fsp3) is 0.103. The first-order valence-corrected chi connectivity index (χ1v) is 11.8. The number of fused-ring (bicyclic) bond motifs is 2. The van der Waals surface area contributed by atoms with Crippen molar-refractivity contribution in [3.63, 3.8) is 0 Å². The number of benzene rings is 4. The second-order valence-corrected chi connectivity index (χ2v) is 9.12. The lowest BCUT2D eigenvalue weighted by molar-refractivity contribution is -0.133. The van der Waals surface area contributed by atoms with Crippen LogP contribution in [0.2, 0.25) is 0 Å². The molecule has 1 aliphatic heterocycles. The number of amides is 4. The van der Waals surface area contributed by atoms with Gasteiger partial charge in [0.2, 0.25) is 11.8 Å². The van der Waals surface area contributed by atoms with Gasteiger partial charge in [0.25, 0.3) is 5.91 Å². The third-order valence-electron chi connectivity index (χ3n) is 6.61. The Morgan fingerprint density at radius 2 is 1.68 bits per heavy atom. The van der Waals surface area contributed by atoms with Crippen LogP contribution in [0.25, 0.3) is 33.3 Å². The molecule has 37 heavy (non-hydrogen) atoms. The first-order valence-electron chi connectivity index (χ1n) is 11.8. The Morgan fingerprint density at radius 1 is 0.946 bits per heavy atom. The zero-order valence-corrected chi connectivity index (χ0v) is 19.9. The predicted octanol–water partition coefficient (Wildman–Crippen LogP) is 5.05. The quantitative estimate of drug-likeness (QED) is 0.335. The Balaban J connectivity index is 1.15. The maximum atomic E-state index is 13.3. The van der Waals surface area contributed by atoms with Gasteiger partial charge < -0.3 is 15.1 Å². The van der Waals surface area contributed by atoms with Gasteiger partial charge in [-0.15, -0.1) is 0 Å². The van der Waals surface area contributed by atoms with E-state index in [0.717, 1.165) is 26.8 Å². The van der Waals surface area contributed by atoms with E-state index in [1.54, 1.807) is 31.2 Å². The van der Waals surface area contributed by atoms with Gasteiger partial charge in [-0.1, -0.05) is 48.5 Å². The van der Waals surface area contributed by atoms with Crippen LogP contribution in [0.4, 0.5) is 10.5 Å². The van der Waals surface area contributed by atoms with Crippen molar-refractivity contribution in [3.8, 4) is 11.5 Å². The van der Waals surface area contributed by atoms with Gasteiger partial charge in [0.05, 0.1) is 0 Å². The number of imide groups is 1. The molecule has 1 aliphatic rings. The molecule has 4 amide bonds. The third kappa shape index (κ3) is 3.98. The van der Waals surface area contributed by atoms with E-state index in [-0.39, 0.29) is 0 Å². The van der Waals surface area contributed by atoms with Gasteiger partial charge in [-0.05, 0) is 65.7 Å². The minimum atomic E-state index is -1.26. The van der Waals surface area contributed by atoms with Crippen LogP contribution in [0.3, 0.4) is 0 Å². The molecule has 0 saturated carbocycles. The van der Waals surface area contributed by atoms with Crippen molar-refractivity contribution >= 4 is 45.4 Å². The second-order valence-electron chi connectivity index (χ2n) is 9.12. The van der Waals surface area contributed by atoms with Gasteiger partial charge in [-0.2, -0.15) is 0 Å². The summed E-state index contributed by atoms with van der Waals surface area (Å²) in [7, 11) is 0. The molecule has 5 aromatic rings. The molecule has 1 aromatic heterocycles. The second kappa shape index (κ2) is 8.60. The van der Waals surface area contributed by atoms with Crippen molar-refractivity contribution < 1.29 is 18.8 Å². The first-order chi connectivity index (χ1) is 17.9. The molecule has 182 valence electrons. The topological polar surface area (TPSA) is 105 Å². The van der Waals surface area contributed by atoms with Gasteiger partial charge in [0.1, 0.15) is 17.6 Å². The lowest BCUT2D eigenvalue weighted by Crippen LogP contribution is -2.42. The lowest BCUT2D eigenvalue weighted by atomic mass is 9.90. The molecule has 4 aromatic carbocycles. The van der Waals surface area contributed by atoms with Crippen LogP contribution in [-0.2, 0) is 15.1 Å². The van der Waals surface area contributed by atoms with E-state index in [2.05, 4.69) is 15.6 Å². The molecule has 1 fully saturated rings. The normalized spacial score (nSPS) is 17.4. The SMILES string of the molecule is CC1(c2ccc3ccccc3c2)NC(=O)N(CC(=O)Nc2ccc(-c3nc4ccccc4o3)cc2)C1=O. The molecule has 8 nitrogen and oxygen atoms in total. The number of carbonyl (C=O) groups excluding carboxylic acids is 3. The van der Waals surface area contributed by atoms with E-state index in [9.17, 15) is 14.4 Å². The van der Waals surface area contributed by atoms with E-state index in [0.29, 0.717) is 22.7 Å². The van der Waals surface area contributed by atoms with Crippen molar-refractivity contribution in [1.29, 1.82) is 0 Å². The standard InChI is InChI=1S/C29H22N4O4/c1-29(21-13-10-18-6-2-3-7-20(18)16-21)27(35)33(28(36)32-29)17-25(34)30-22-14-11-19(12-15-22)26-31-23-8-4-5-9-24(23)37-26/h2-16H,17H2,1H3,(H,30,34)(H,32,36). The summed E-state index contributed by atoms with van der Waals surface area (Å²) in [6, 6.07) is 27.3. The van der Waals surface area contributed by atoms with Crippen LogP contribution >= 0.6 is 0 Å². The van der Waals surface area contributed by atoms with Crippen molar-refractivity contribution in [2.45, 2.75) is 12.5 Å². The van der Waals surface area contributed by atoms with Crippen LogP contribution in [0.1, 0.15) is 12.5 Å². The Bertz CT molecular complexity index is 1660. The highest BCUT2D eigenvalue weighted by molar-refractivity contribution is 6.10. The van der Waals surface area contributed by atoms with Crippen LogP contribution in [0.5, 0.6) is 0 Å². The number of rotatable bonds is 5. The van der Waals surface area contributed by atoms with Gasteiger partial charge >= 0.3 is 6.03 Å². The van der Waals surface area contributed by atoms with Crippen LogP contribution < -0.4 is 10.6 Å². The number of nitrogens with zero attached hydrogens (tertiary/aromatic N) is 2. The molecule has 0 aliphatic carbocycles. The van der Waals surface area contributed by atoms with Crippen LogP contribution in [-0.4, -0.2) is 34.3 Å². The first kappa shape index (κ1) is 22.5. The minimum Gasteiger partial charge on any atom is -0.436 e. The van der Waals surface area contributed by atoms with Gasteiger partial charge in [-0.25, -0.2) is 9.78 Å². The Kier molecular flexibility index (Phi) is 5.22. The summed E-state index contributed by atoms with van der Waals surface area (Å²) >= 11 is 0. The Labute approximate surface area is 211 Å². The van der Waals surface area contributed by atoms with Crippen molar-refractivity contribution in [1.82, 2.24) is 15.2 Å². The fourth-order valence-electron chi connectivity index (χ4n) is 4.57. The van der Waals surface area contributed by atoms with E-state index in [1.165, 1.54) is 0 Å². The lowest BCUT2D eigenvalue weighted by Gasteiger charge is -2.22. The Morgan fingerprint density at radius 3 is 2.46 bits per heavy atom. The van der Waals surface area contributed by atoms with Crippen molar-refractivity contribution in [3.05, 3.63) is 96.6 Å². The fourth-order valence-corrected chi connectivity index (χ4v) is 4.57. The molecule has 6 rings (SSSR count). The summed E-state index contributed by atoms with van der Waals surface area (Å²) in [5.74, 6) is -0.485. The van der Waals surface area contributed by atoms with E-state index < -0.39 is 29.9 Å². The number of para-hydroxylation sites is 2. The number of hydrogen-bond acceptors (Lipinski definition) is 5. The number of nitrogens with one attached hydrogen (secondary N) is 2. The van der Waals surface area contributed by atoms with Crippen molar-refractivity contribution in [2.24, 2.45) is 0 Å². The maximum absolute atomic E-state index is 13.3. The highest BCUT2D eigenvalue weighted by atomic mass is 16.3. The smallest absolute Gasteiger partial charge is 0.325 e. The number of carbonyl (C=O) groups is 3. The largest absolute Gasteiger partial charge is 0.436 e. The molecule has 2 heterocycles. The van der Waals surface area contributed by atoms with Crippen molar-refractivity contribution in [2.75, 3.05) is 11.9 Å². The van der Waals surface area contributed by atoms with Gasteiger partial charge in [0.15, 0.2) is 5.58 Å². The zero-order chi connectivity index (χ0) is 25.6. The third-order valence-corrected chi connectivity index (χ3v) is 6.61. The number of anilines is 1. The molecule has 2 N–H and O–H groups in total. The monoisotopic (exact) mass is 490 g/mol. The van der Waals surface area contributed by atoms with E-state index in [4.69, 9.17) is 4.42 Å². The summed E-state index contributed by atoms with van der Waals surface area (Å²) in [6.45, 7) is 1.25. The Hall–Kier alpha value is -4.98. The highest BCUT2D eigenvalue weighted by Crippen LogP contribution is 2.31. The highest BCUT2D eigenvalue weighted by Gasteiger charge is 2.49. The molecule has 0 bridgehead atoms. The predicted molar refractivity (Wildman–Crippen MR) is 140 cm³/mol. The zero-order valence-electron chi connectivity index (χ0n) is 19.9. The number of oxazole rings is 1. The maximum Gasteiger partial charge on any atom is 0.325 e. The number of hydrogen-bond donors (Lipinski definition) is 2. The van der Waals surface area contributed by atoms with Gasteiger partial charge in [-0.3, -0.25) is 14.5 Å². The summed E-state index contributed by atoms with van der Waals surface area (Å²) in [6.07, 6.45) is 0. The molecule has 0 radical (unpaired) electrons.